The minimum Gasteiger partial charge on any atom is -0.395 e. The maximum atomic E-state index is 12.1. The predicted molar refractivity (Wildman–Crippen MR) is 65.4 cm³/mol. The molecule has 0 radical (unpaired) electrons. The summed E-state index contributed by atoms with van der Waals surface area (Å²) in [5, 5.41) is 8.88. The van der Waals surface area contributed by atoms with E-state index >= 15 is 0 Å². The molecule has 0 aromatic heterocycles. The van der Waals surface area contributed by atoms with E-state index in [1.807, 2.05) is 6.92 Å². The number of unbranched alkanes of at least 4 members (excludes halogenated alkanes) is 1. The van der Waals surface area contributed by atoms with Gasteiger partial charge in [0.25, 0.3) is 10.2 Å². The Kier molecular flexibility index (Phi) is 7.14. The first-order valence-electron chi connectivity index (χ1n) is 5.71. The molecule has 0 aromatic rings. The Hall–Kier alpha value is -0.170. The van der Waals surface area contributed by atoms with Crippen LogP contribution in [-0.2, 0) is 10.2 Å². The van der Waals surface area contributed by atoms with Crippen LogP contribution in [0.1, 0.15) is 33.6 Å². The minimum atomic E-state index is -3.43. The number of hydrogen-bond acceptors (Lipinski definition) is 3. The fourth-order valence-electron chi connectivity index (χ4n) is 1.41. The summed E-state index contributed by atoms with van der Waals surface area (Å²) in [6.07, 6.45) is 1.81. The highest BCUT2D eigenvalue weighted by atomic mass is 32.2. The van der Waals surface area contributed by atoms with Gasteiger partial charge in [0.2, 0.25) is 0 Å². The van der Waals surface area contributed by atoms with Gasteiger partial charge in [0.05, 0.1) is 6.61 Å². The lowest BCUT2D eigenvalue weighted by Gasteiger charge is -2.29. The van der Waals surface area contributed by atoms with E-state index < -0.39 is 10.2 Å². The third-order valence-electron chi connectivity index (χ3n) is 2.41. The normalized spacial score (nSPS) is 13.0. The summed E-state index contributed by atoms with van der Waals surface area (Å²) in [6.45, 7) is 6.15. The number of aliphatic hydroxyl groups excluding tert-OH is 1. The average molecular weight is 252 g/mol. The summed E-state index contributed by atoms with van der Waals surface area (Å²) in [5.74, 6) is 0. The molecule has 0 rings (SSSR count). The van der Waals surface area contributed by atoms with Crippen LogP contribution in [0.4, 0.5) is 0 Å². The van der Waals surface area contributed by atoms with E-state index in [2.05, 4.69) is 0 Å². The van der Waals surface area contributed by atoms with Crippen LogP contribution < -0.4 is 0 Å². The largest absolute Gasteiger partial charge is 0.395 e. The van der Waals surface area contributed by atoms with Gasteiger partial charge in [-0.15, -0.1) is 0 Å². The fourth-order valence-corrected chi connectivity index (χ4v) is 2.98. The molecule has 5 nitrogen and oxygen atoms in total. The van der Waals surface area contributed by atoms with E-state index in [9.17, 15) is 8.42 Å². The maximum absolute atomic E-state index is 12.1. The molecule has 0 aliphatic rings. The first kappa shape index (κ1) is 15.8. The van der Waals surface area contributed by atoms with E-state index in [0.29, 0.717) is 6.54 Å². The second kappa shape index (κ2) is 7.21. The quantitative estimate of drug-likeness (QED) is 0.690. The summed E-state index contributed by atoms with van der Waals surface area (Å²) in [6, 6.07) is -0.138. The van der Waals surface area contributed by atoms with Crippen LogP contribution in [0.2, 0.25) is 0 Å². The lowest BCUT2D eigenvalue weighted by Crippen LogP contribution is -2.46. The fraction of sp³-hybridized carbons (Fsp3) is 1.00. The van der Waals surface area contributed by atoms with E-state index in [1.54, 1.807) is 20.9 Å². The van der Waals surface area contributed by atoms with Crippen LogP contribution in [-0.4, -0.2) is 54.9 Å². The number of nitrogens with zero attached hydrogens (tertiary/aromatic N) is 2. The van der Waals surface area contributed by atoms with Crippen LogP contribution in [0.3, 0.4) is 0 Å². The van der Waals surface area contributed by atoms with E-state index in [4.69, 9.17) is 5.11 Å². The van der Waals surface area contributed by atoms with Gasteiger partial charge in [0.15, 0.2) is 0 Å². The summed E-state index contributed by atoms with van der Waals surface area (Å²) in [5.41, 5.74) is 0. The second-order valence-electron chi connectivity index (χ2n) is 4.11. The summed E-state index contributed by atoms with van der Waals surface area (Å²) in [4.78, 5) is 0. The predicted octanol–water partition coefficient (Wildman–Crippen LogP) is 0.666. The van der Waals surface area contributed by atoms with Crippen molar-refractivity contribution in [2.75, 3.05) is 26.7 Å². The minimum absolute atomic E-state index is 0.138. The molecule has 16 heavy (non-hydrogen) atoms. The van der Waals surface area contributed by atoms with E-state index in [1.165, 1.54) is 8.61 Å². The summed E-state index contributed by atoms with van der Waals surface area (Å²) >= 11 is 0. The first-order valence-corrected chi connectivity index (χ1v) is 7.11. The highest BCUT2D eigenvalue weighted by molar-refractivity contribution is 7.86. The van der Waals surface area contributed by atoms with Crippen molar-refractivity contribution in [3.05, 3.63) is 0 Å². The SMILES string of the molecule is CCCCN(C)S(=O)(=O)N(CCO)C(C)C. The van der Waals surface area contributed by atoms with Gasteiger partial charge in [-0.25, -0.2) is 0 Å². The van der Waals surface area contributed by atoms with Crippen LogP contribution in [0, 0.1) is 0 Å². The molecule has 0 spiro atoms. The molecule has 6 heteroatoms. The lowest BCUT2D eigenvalue weighted by molar-refractivity contribution is 0.227. The average Bonchev–Trinajstić information content (AvgIpc) is 2.21. The summed E-state index contributed by atoms with van der Waals surface area (Å²) in [7, 11) is -1.85. The molecule has 0 aliphatic carbocycles. The van der Waals surface area contributed by atoms with Crippen LogP contribution >= 0.6 is 0 Å². The molecule has 0 atom stereocenters. The molecule has 0 unspecified atom stereocenters. The molecule has 0 saturated heterocycles. The van der Waals surface area contributed by atoms with E-state index in [-0.39, 0.29) is 19.2 Å². The Bertz CT molecular complexity index is 278. The van der Waals surface area contributed by atoms with Crippen molar-refractivity contribution in [3.63, 3.8) is 0 Å². The van der Waals surface area contributed by atoms with Gasteiger partial charge in [-0.05, 0) is 20.3 Å². The second-order valence-corrected chi connectivity index (χ2v) is 6.10. The van der Waals surface area contributed by atoms with Gasteiger partial charge < -0.3 is 5.11 Å². The Morgan fingerprint density at radius 3 is 2.19 bits per heavy atom. The Morgan fingerprint density at radius 1 is 1.25 bits per heavy atom. The summed E-state index contributed by atoms with van der Waals surface area (Å²) < 4.78 is 26.9. The van der Waals surface area contributed by atoms with Gasteiger partial charge >= 0.3 is 0 Å². The Morgan fingerprint density at radius 2 is 1.81 bits per heavy atom. The lowest BCUT2D eigenvalue weighted by atomic mass is 10.3. The zero-order valence-electron chi connectivity index (χ0n) is 10.7. The van der Waals surface area contributed by atoms with Crippen molar-refractivity contribution < 1.29 is 13.5 Å². The number of rotatable bonds is 8. The smallest absolute Gasteiger partial charge is 0.282 e. The number of aliphatic hydroxyl groups is 1. The maximum Gasteiger partial charge on any atom is 0.282 e. The molecule has 0 fully saturated rings. The zero-order valence-corrected chi connectivity index (χ0v) is 11.5. The number of hydrogen-bond donors (Lipinski definition) is 1. The van der Waals surface area contributed by atoms with Crippen LogP contribution in [0.15, 0.2) is 0 Å². The third kappa shape index (κ3) is 4.37. The molecule has 0 aromatic carbocycles. The molecule has 98 valence electrons. The zero-order chi connectivity index (χ0) is 12.8. The first-order chi connectivity index (χ1) is 7.37. The van der Waals surface area contributed by atoms with Crippen molar-refractivity contribution in [1.82, 2.24) is 8.61 Å². The van der Waals surface area contributed by atoms with Crippen molar-refractivity contribution in [3.8, 4) is 0 Å². The van der Waals surface area contributed by atoms with Crippen LogP contribution in [0.25, 0.3) is 0 Å². The van der Waals surface area contributed by atoms with Gasteiger partial charge in [0, 0.05) is 26.2 Å². The van der Waals surface area contributed by atoms with Gasteiger partial charge in [-0.1, -0.05) is 13.3 Å². The molecular formula is C10H24N2O3S. The Labute approximate surface area is 99.2 Å². The Balaban J connectivity index is 4.70. The molecule has 0 aliphatic heterocycles. The van der Waals surface area contributed by atoms with Gasteiger partial charge in [-0.3, -0.25) is 0 Å². The van der Waals surface area contributed by atoms with E-state index in [0.717, 1.165) is 12.8 Å². The van der Waals surface area contributed by atoms with Crippen molar-refractivity contribution in [2.45, 2.75) is 39.7 Å². The van der Waals surface area contributed by atoms with Crippen molar-refractivity contribution >= 4 is 10.2 Å². The molecule has 0 amide bonds. The highest BCUT2D eigenvalue weighted by Crippen LogP contribution is 2.11. The monoisotopic (exact) mass is 252 g/mol. The molecule has 0 heterocycles. The topological polar surface area (TPSA) is 60.9 Å². The molecule has 1 N–H and O–H groups in total. The molecule has 0 saturated carbocycles. The standard InChI is InChI=1S/C10H24N2O3S/c1-5-6-7-11(4)16(14,15)12(8-9-13)10(2)3/h10,13H,5-9H2,1-4H3. The van der Waals surface area contributed by atoms with Gasteiger partial charge in [0.1, 0.15) is 0 Å². The highest BCUT2D eigenvalue weighted by Gasteiger charge is 2.28. The third-order valence-corrected chi connectivity index (χ3v) is 4.58. The van der Waals surface area contributed by atoms with Gasteiger partial charge in [-0.2, -0.15) is 17.0 Å². The van der Waals surface area contributed by atoms with Crippen LogP contribution in [0.5, 0.6) is 0 Å². The van der Waals surface area contributed by atoms with Crippen molar-refractivity contribution in [2.24, 2.45) is 0 Å². The van der Waals surface area contributed by atoms with Crippen molar-refractivity contribution in [1.29, 1.82) is 0 Å². The molecular weight excluding hydrogens is 228 g/mol. The molecule has 0 bridgehead atoms.